The third-order valence-electron chi connectivity index (χ3n) is 5.89. The Morgan fingerprint density at radius 1 is 1.00 bits per heavy atom. The fourth-order valence-electron chi connectivity index (χ4n) is 4.04. The number of benzene rings is 1. The van der Waals surface area contributed by atoms with Crippen molar-refractivity contribution in [2.45, 2.75) is 43.6 Å². The summed E-state index contributed by atoms with van der Waals surface area (Å²) in [6.07, 6.45) is 0.251. The van der Waals surface area contributed by atoms with E-state index in [1.165, 1.54) is 4.90 Å². The number of carbonyl (C=O) groups excluding carboxylic acids is 1. The van der Waals surface area contributed by atoms with Crippen LogP contribution in [-0.4, -0.2) is 68.1 Å². The van der Waals surface area contributed by atoms with E-state index in [0.717, 1.165) is 12.1 Å². The van der Waals surface area contributed by atoms with Gasteiger partial charge in [0.2, 0.25) is 0 Å². The van der Waals surface area contributed by atoms with Crippen LogP contribution in [0.3, 0.4) is 0 Å². The second kappa shape index (κ2) is 7.50. The van der Waals surface area contributed by atoms with Gasteiger partial charge in [-0.3, -0.25) is 4.79 Å². The number of ether oxygens (including phenoxy) is 1. The van der Waals surface area contributed by atoms with Gasteiger partial charge in [-0.05, 0) is 46.2 Å². The largest absolute Gasteiger partial charge is 0.378 e. The maximum Gasteiger partial charge on any atom is 0.254 e. The second-order valence-electron chi connectivity index (χ2n) is 8.89. The lowest BCUT2D eigenvalue weighted by Crippen LogP contribution is -2.48. The minimum Gasteiger partial charge on any atom is -0.378 e. The summed E-state index contributed by atoms with van der Waals surface area (Å²) in [5.74, 6) is -2.19. The van der Waals surface area contributed by atoms with Crippen LogP contribution < -0.4 is 4.90 Å². The highest BCUT2D eigenvalue weighted by Gasteiger charge is 2.49. The molecule has 0 radical (unpaired) electrons. The highest BCUT2D eigenvalue weighted by Crippen LogP contribution is 2.36. The molecule has 0 bridgehead atoms. The minimum absolute atomic E-state index is 0.0357. The molecule has 9 heteroatoms. The number of carbonyl (C=O) groups is 1. The van der Waals surface area contributed by atoms with Crippen molar-refractivity contribution in [1.29, 1.82) is 0 Å². The summed E-state index contributed by atoms with van der Waals surface area (Å²) in [7, 11) is -3.52. The van der Waals surface area contributed by atoms with Gasteiger partial charge in [-0.1, -0.05) is 0 Å². The number of hydrogen-bond acceptors (Lipinski definition) is 5. The van der Waals surface area contributed by atoms with E-state index >= 15 is 0 Å². The van der Waals surface area contributed by atoms with Crippen molar-refractivity contribution >= 4 is 21.4 Å². The van der Waals surface area contributed by atoms with Gasteiger partial charge in [0.1, 0.15) is 17.3 Å². The first-order valence-electron chi connectivity index (χ1n) is 9.72. The number of hydrogen-bond donors (Lipinski definition) is 0. The maximum absolute atomic E-state index is 14.7. The van der Waals surface area contributed by atoms with Crippen LogP contribution in [-0.2, 0) is 14.6 Å². The molecule has 2 saturated heterocycles. The van der Waals surface area contributed by atoms with E-state index in [9.17, 15) is 22.0 Å². The SMILES string of the molecule is CC1(C)CCN(C(=O)c2cc(F)c(N3CCOCC3)c(F)c2)CC(C)(C)S1(=O)=O. The first kappa shape index (κ1) is 22.0. The molecule has 0 aromatic heterocycles. The van der Waals surface area contributed by atoms with Crippen molar-refractivity contribution in [3.63, 3.8) is 0 Å². The van der Waals surface area contributed by atoms with Crippen molar-refractivity contribution in [3.05, 3.63) is 29.3 Å². The molecule has 0 saturated carbocycles. The Kier molecular flexibility index (Phi) is 5.68. The van der Waals surface area contributed by atoms with E-state index in [2.05, 4.69) is 0 Å². The Labute approximate surface area is 170 Å². The van der Waals surface area contributed by atoms with Gasteiger partial charge in [-0.2, -0.15) is 0 Å². The van der Waals surface area contributed by atoms with Gasteiger partial charge in [0.25, 0.3) is 5.91 Å². The molecule has 0 spiro atoms. The molecule has 29 heavy (non-hydrogen) atoms. The molecule has 162 valence electrons. The van der Waals surface area contributed by atoms with E-state index in [4.69, 9.17) is 4.74 Å². The number of anilines is 1. The lowest BCUT2D eigenvalue weighted by atomic mass is 10.1. The van der Waals surface area contributed by atoms with Crippen molar-refractivity contribution in [2.75, 3.05) is 44.3 Å². The van der Waals surface area contributed by atoms with E-state index in [1.807, 2.05) is 0 Å². The van der Waals surface area contributed by atoms with Gasteiger partial charge >= 0.3 is 0 Å². The number of halogens is 2. The molecule has 0 unspecified atom stereocenters. The maximum atomic E-state index is 14.7. The van der Waals surface area contributed by atoms with E-state index < -0.39 is 36.9 Å². The Bertz CT molecular complexity index is 886. The lowest BCUT2D eigenvalue weighted by molar-refractivity contribution is 0.0743. The van der Waals surface area contributed by atoms with Gasteiger partial charge in [0, 0.05) is 31.7 Å². The van der Waals surface area contributed by atoms with E-state index in [-0.39, 0.29) is 30.8 Å². The fourth-order valence-corrected chi connectivity index (χ4v) is 6.23. The topological polar surface area (TPSA) is 66.9 Å². The third kappa shape index (κ3) is 3.86. The zero-order valence-corrected chi connectivity index (χ0v) is 18.1. The monoisotopic (exact) mass is 430 g/mol. The molecule has 2 aliphatic heterocycles. The molecule has 0 aliphatic carbocycles. The number of rotatable bonds is 2. The first-order valence-corrected chi connectivity index (χ1v) is 11.2. The molecule has 0 N–H and O–H groups in total. The Balaban J connectivity index is 1.90. The molecule has 3 rings (SSSR count). The van der Waals surface area contributed by atoms with Crippen LogP contribution in [0.25, 0.3) is 0 Å². The number of amides is 1. The van der Waals surface area contributed by atoms with Crippen LogP contribution in [0.1, 0.15) is 44.5 Å². The molecule has 2 fully saturated rings. The second-order valence-corrected chi connectivity index (χ2v) is 12.1. The molecular weight excluding hydrogens is 402 g/mol. The predicted octanol–water partition coefficient (Wildman–Crippen LogP) is 2.62. The average Bonchev–Trinajstić information content (AvgIpc) is 2.69. The Morgan fingerprint density at radius 3 is 2.10 bits per heavy atom. The highest BCUT2D eigenvalue weighted by atomic mass is 32.2. The number of morpholine rings is 1. The van der Waals surface area contributed by atoms with Crippen molar-refractivity contribution in [2.24, 2.45) is 0 Å². The minimum atomic E-state index is -3.52. The summed E-state index contributed by atoms with van der Waals surface area (Å²) in [5.41, 5.74) is -0.283. The van der Waals surface area contributed by atoms with Crippen LogP contribution in [0.4, 0.5) is 14.5 Å². The molecule has 0 atom stereocenters. The molecule has 2 aliphatic rings. The highest BCUT2D eigenvalue weighted by molar-refractivity contribution is 7.94. The van der Waals surface area contributed by atoms with Crippen molar-refractivity contribution in [1.82, 2.24) is 4.90 Å². The van der Waals surface area contributed by atoms with E-state index in [0.29, 0.717) is 26.3 Å². The summed E-state index contributed by atoms with van der Waals surface area (Å²) in [5, 5.41) is 0. The summed E-state index contributed by atoms with van der Waals surface area (Å²) >= 11 is 0. The summed E-state index contributed by atoms with van der Waals surface area (Å²) in [6.45, 7) is 8.12. The zero-order chi connectivity index (χ0) is 21.6. The van der Waals surface area contributed by atoms with Gasteiger partial charge in [-0.25, -0.2) is 17.2 Å². The smallest absolute Gasteiger partial charge is 0.254 e. The molecule has 1 aromatic carbocycles. The van der Waals surface area contributed by atoms with Crippen molar-refractivity contribution in [3.8, 4) is 0 Å². The van der Waals surface area contributed by atoms with E-state index in [1.54, 1.807) is 32.6 Å². The third-order valence-corrected chi connectivity index (χ3v) is 9.13. The van der Waals surface area contributed by atoms with Crippen LogP contribution in [0.2, 0.25) is 0 Å². The van der Waals surface area contributed by atoms with Gasteiger partial charge < -0.3 is 14.5 Å². The summed E-state index contributed by atoms with van der Waals surface area (Å²) < 4.78 is 58.3. The molecule has 2 heterocycles. The Morgan fingerprint density at radius 2 is 1.55 bits per heavy atom. The summed E-state index contributed by atoms with van der Waals surface area (Å²) in [6, 6.07) is 2.07. The van der Waals surface area contributed by atoms with Crippen LogP contribution >= 0.6 is 0 Å². The fraction of sp³-hybridized carbons (Fsp3) is 0.650. The number of sulfone groups is 1. The quantitative estimate of drug-likeness (QED) is 0.722. The molecule has 6 nitrogen and oxygen atoms in total. The van der Waals surface area contributed by atoms with Crippen LogP contribution in [0.15, 0.2) is 12.1 Å². The average molecular weight is 431 g/mol. The van der Waals surface area contributed by atoms with Crippen LogP contribution in [0.5, 0.6) is 0 Å². The van der Waals surface area contributed by atoms with Gasteiger partial charge in [-0.15, -0.1) is 0 Å². The van der Waals surface area contributed by atoms with Crippen LogP contribution in [0, 0.1) is 11.6 Å². The van der Waals surface area contributed by atoms with Crippen molar-refractivity contribution < 1.29 is 26.7 Å². The molecular formula is C20H28F2N2O4S. The molecule has 1 amide bonds. The predicted molar refractivity (Wildman–Crippen MR) is 107 cm³/mol. The normalized spacial score (nSPS) is 23.5. The summed E-state index contributed by atoms with van der Waals surface area (Å²) in [4.78, 5) is 16.0. The first-order chi connectivity index (χ1) is 13.4. The zero-order valence-electron chi connectivity index (χ0n) is 17.3. The van der Waals surface area contributed by atoms with Gasteiger partial charge in [0.15, 0.2) is 9.84 Å². The van der Waals surface area contributed by atoms with Gasteiger partial charge in [0.05, 0.1) is 22.7 Å². The standard InChI is InChI=1S/C20H28F2N2O4S/c1-19(2)5-6-24(13-20(3,4)29(19,26)27)18(25)14-11-15(21)17(16(22)12-14)23-7-9-28-10-8-23/h11-12H,5-10,13H2,1-4H3. The molecule has 1 aromatic rings. The Hall–Kier alpha value is -1.74. The lowest BCUT2D eigenvalue weighted by Gasteiger charge is -2.32. The number of nitrogens with zero attached hydrogens (tertiary/aromatic N) is 2.